The summed E-state index contributed by atoms with van der Waals surface area (Å²) in [5, 5.41) is 30.4. The number of aliphatic hydroxyl groups excluding tert-OH is 1. The van der Waals surface area contributed by atoms with Gasteiger partial charge in [-0.3, -0.25) is 4.79 Å². The number of Topliss-reactive ketones (excluding diaryl/α,β-unsaturated/α-hetero) is 1. The van der Waals surface area contributed by atoms with Crippen LogP contribution in [-0.4, -0.2) is 43.3 Å². The molecule has 0 amide bonds. The summed E-state index contributed by atoms with van der Waals surface area (Å²) in [6.07, 6.45) is 3.57. The van der Waals surface area contributed by atoms with Crippen molar-refractivity contribution in [2.24, 2.45) is 0 Å². The molecule has 0 atom stereocenters. The number of aliphatic hydroxyl groups is 1. The summed E-state index contributed by atoms with van der Waals surface area (Å²) in [7, 11) is 0. The van der Waals surface area contributed by atoms with Crippen molar-refractivity contribution >= 4 is 66.7 Å². The number of hydrogen-bond acceptors (Lipinski definition) is 5. The lowest BCUT2D eigenvalue weighted by Gasteiger charge is -2.29. The van der Waals surface area contributed by atoms with Gasteiger partial charge in [0, 0.05) is 55.6 Å². The molecule has 4 aromatic carbocycles. The van der Waals surface area contributed by atoms with E-state index >= 15 is 0 Å². The Hall–Kier alpha value is -5.06. The monoisotopic (exact) mass is 821 g/mol. The highest BCUT2D eigenvalue weighted by Crippen LogP contribution is 2.51. The van der Waals surface area contributed by atoms with E-state index in [9.17, 15) is 29.7 Å². The lowest BCUT2D eigenvalue weighted by Crippen LogP contribution is -2.32. The topological polar surface area (TPSA) is 118 Å². The van der Waals surface area contributed by atoms with Crippen molar-refractivity contribution < 1.29 is 34.3 Å². The second-order valence-corrected chi connectivity index (χ2v) is 16.1. The fourth-order valence-electron chi connectivity index (χ4n) is 7.41. The van der Waals surface area contributed by atoms with Crippen LogP contribution in [0, 0.1) is 0 Å². The molecular weight excluding hydrogens is 788 g/mol. The molecule has 0 bridgehead atoms. The number of carboxylic acid groups (broad SMARTS) is 2. The summed E-state index contributed by atoms with van der Waals surface area (Å²) in [5.74, 6) is -2.34. The fourth-order valence-corrected chi connectivity index (χ4v) is 8.13. The molecule has 10 heteroatoms. The molecule has 52 heavy (non-hydrogen) atoms. The van der Waals surface area contributed by atoms with Crippen LogP contribution < -0.4 is 4.90 Å². The number of benzene rings is 4. The summed E-state index contributed by atoms with van der Waals surface area (Å²) in [6.45, 7) is 9.20. The van der Waals surface area contributed by atoms with E-state index in [0.29, 0.717) is 13.1 Å². The zero-order valence-electron chi connectivity index (χ0n) is 28.9. The molecule has 0 spiro atoms. The van der Waals surface area contributed by atoms with Gasteiger partial charge in [0.15, 0.2) is 12.3 Å². The Kier molecular flexibility index (Phi) is 8.74. The lowest BCUT2D eigenvalue weighted by molar-refractivity contribution is -0.455. The summed E-state index contributed by atoms with van der Waals surface area (Å²) in [4.78, 5) is 39.1. The number of allylic oxidation sites excluding steroid dienone is 5. The van der Waals surface area contributed by atoms with Gasteiger partial charge in [-0.1, -0.05) is 70.0 Å². The first-order valence-electron chi connectivity index (χ1n) is 16.7. The van der Waals surface area contributed by atoms with Crippen LogP contribution in [0.5, 0.6) is 0 Å². The second-order valence-electron chi connectivity index (χ2n) is 14.3. The third kappa shape index (κ3) is 5.93. The molecular formula is C42H35Br2N2O6+. The number of hydrogen-bond donors (Lipinski definition) is 3. The standard InChI is InChI=1S/C42H34Br2N2O6/c1-41(2)31-17-27(43)13-15-33(31)45(21-23-5-9-25(10-6-23)39(49)50)35(41)19-29-37(47)30(38(29)48)20-36-42(3,4)32-18-28(44)14-16-34(32)46(36)22-24-7-11-26(12-8-24)40(51)52/h5-20H,21-22H2,1-4H3,(H2-,47,48,49,50,51,52)/p+1. The minimum Gasteiger partial charge on any atom is -0.506 e. The molecule has 7 rings (SSSR count). The van der Waals surface area contributed by atoms with E-state index in [1.165, 1.54) is 0 Å². The molecule has 8 nitrogen and oxygen atoms in total. The molecule has 0 aromatic heterocycles. The number of aromatic carboxylic acids is 2. The average molecular weight is 824 g/mol. The smallest absolute Gasteiger partial charge is 0.335 e. The van der Waals surface area contributed by atoms with Crippen molar-refractivity contribution in [1.29, 1.82) is 0 Å². The van der Waals surface area contributed by atoms with Gasteiger partial charge in [-0.25, -0.2) is 9.59 Å². The highest BCUT2D eigenvalue weighted by Gasteiger charge is 2.47. The van der Waals surface area contributed by atoms with Crippen LogP contribution >= 0.6 is 31.9 Å². The normalized spacial score (nSPS) is 18.6. The summed E-state index contributed by atoms with van der Waals surface area (Å²) in [5.41, 5.74) is 7.26. The summed E-state index contributed by atoms with van der Waals surface area (Å²) >= 11 is 7.22. The van der Waals surface area contributed by atoms with Gasteiger partial charge in [0.1, 0.15) is 5.76 Å². The quantitative estimate of drug-likeness (QED) is 0.120. The molecule has 0 saturated carbocycles. The Bertz CT molecular complexity index is 2350. The number of anilines is 1. The van der Waals surface area contributed by atoms with Crippen LogP contribution in [0.4, 0.5) is 11.4 Å². The van der Waals surface area contributed by atoms with Crippen LogP contribution in [0.3, 0.4) is 0 Å². The van der Waals surface area contributed by atoms with Gasteiger partial charge >= 0.3 is 11.9 Å². The van der Waals surface area contributed by atoms with Crippen molar-refractivity contribution in [3.8, 4) is 0 Å². The molecule has 0 radical (unpaired) electrons. The molecule has 0 saturated heterocycles. The van der Waals surface area contributed by atoms with Gasteiger partial charge in [-0.2, -0.15) is 4.58 Å². The third-order valence-electron chi connectivity index (χ3n) is 10.4. The van der Waals surface area contributed by atoms with Crippen molar-refractivity contribution in [1.82, 2.24) is 0 Å². The van der Waals surface area contributed by atoms with Crippen LogP contribution in [0.15, 0.2) is 129 Å². The number of rotatable bonds is 8. The van der Waals surface area contributed by atoms with Gasteiger partial charge in [-0.05, 0) is 85.6 Å². The molecule has 1 aliphatic carbocycles. The van der Waals surface area contributed by atoms with Crippen LogP contribution in [0.2, 0.25) is 0 Å². The minimum atomic E-state index is -0.993. The van der Waals surface area contributed by atoms with Gasteiger partial charge in [0.05, 0.1) is 27.7 Å². The first kappa shape index (κ1) is 35.3. The first-order chi connectivity index (χ1) is 24.6. The van der Waals surface area contributed by atoms with Crippen molar-refractivity contribution in [3.63, 3.8) is 0 Å². The number of fused-ring (bicyclic) bond motifs is 2. The van der Waals surface area contributed by atoms with E-state index in [-0.39, 0.29) is 33.8 Å². The van der Waals surface area contributed by atoms with Crippen molar-refractivity contribution in [2.45, 2.75) is 51.6 Å². The number of ketones is 1. The molecule has 4 aromatic rings. The number of carbonyl (C=O) groups is 3. The highest BCUT2D eigenvalue weighted by molar-refractivity contribution is 9.10. The Morgan fingerprint density at radius 2 is 1.31 bits per heavy atom. The Morgan fingerprint density at radius 1 is 0.750 bits per heavy atom. The zero-order valence-corrected chi connectivity index (χ0v) is 32.0. The summed E-state index contributed by atoms with van der Waals surface area (Å²) in [6, 6.07) is 25.6. The SMILES string of the molecule is CC1(C)C(/C=C2/C(=O)C(/C=C3\N(Cc4ccc(C(=O)O)cc4)c4ccc(Br)cc4C3(C)C)=C2O)=[N+](Cc2ccc(C(=O)O)cc2)c2ccc(Br)cc21. The Labute approximate surface area is 318 Å². The van der Waals surface area contributed by atoms with E-state index in [1.54, 1.807) is 60.7 Å². The van der Waals surface area contributed by atoms with E-state index in [1.807, 2.05) is 24.3 Å². The average Bonchev–Trinajstić information content (AvgIpc) is 3.43. The second kappa shape index (κ2) is 12.9. The molecule has 0 fully saturated rings. The van der Waals surface area contributed by atoms with E-state index in [2.05, 4.69) is 81.2 Å². The maximum absolute atomic E-state index is 14.0. The fraction of sp³-hybridized carbons (Fsp3) is 0.190. The van der Waals surface area contributed by atoms with E-state index in [4.69, 9.17) is 0 Å². The van der Waals surface area contributed by atoms with Gasteiger partial charge in [0.2, 0.25) is 11.5 Å². The number of carboxylic acids is 2. The van der Waals surface area contributed by atoms with Crippen molar-refractivity contribution in [3.05, 3.63) is 162 Å². The molecule has 3 N–H and O–H groups in total. The van der Waals surface area contributed by atoms with Gasteiger partial charge < -0.3 is 20.2 Å². The lowest BCUT2D eigenvalue weighted by atomic mass is 9.77. The molecule has 2 heterocycles. The molecule has 0 unspecified atom stereocenters. The van der Waals surface area contributed by atoms with Crippen LogP contribution in [-0.2, 0) is 28.7 Å². The minimum absolute atomic E-state index is 0.0811. The predicted octanol–water partition coefficient (Wildman–Crippen LogP) is 9.39. The van der Waals surface area contributed by atoms with Gasteiger partial charge in [-0.15, -0.1) is 0 Å². The molecule has 3 aliphatic rings. The van der Waals surface area contributed by atoms with Crippen LogP contribution in [0.1, 0.15) is 70.7 Å². The molecule has 262 valence electrons. The van der Waals surface area contributed by atoms with E-state index < -0.39 is 22.8 Å². The maximum Gasteiger partial charge on any atom is 0.335 e. The number of nitrogens with zero attached hydrogens (tertiary/aromatic N) is 2. The third-order valence-corrected chi connectivity index (χ3v) is 11.3. The molecule has 2 aliphatic heterocycles. The predicted molar refractivity (Wildman–Crippen MR) is 207 cm³/mol. The zero-order chi connectivity index (χ0) is 37.3. The maximum atomic E-state index is 14.0. The van der Waals surface area contributed by atoms with Crippen molar-refractivity contribution in [2.75, 3.05) is 4.90 Å². The first-order valence-corrected chi connectivity index (χ1v) is 18.3. The Morgan fingerprint density at radius 3 is 1.88 bits per heavy atom. The number of halogens is 2. The summed E-state index contributed by atoms with van der Waals surface area (Å²) < 4.78 is 3.96. The highest BCUT2D eigenvalue weighted by atomic mass is 79.9. The van der Waals surface area contributed by atoms with E-state index in [0.717, 1.165) is 54.0 Å². The van der Waals surface area contributed by atoms with Crippen LogP contribution in [0.25, 0.3) is 0 Å². The van der Waals surface area contributed by atoms with Gasteiger partial charge in [0.25, 0.3) is 0 Å². The number of carbonyl (C=O) groups excluding carboxylic acids is 1. The largest absolute Gasteiger partial charge is 0.506 e. The Balaban J connectivity index is 1.30.